The molecule has 106 valence electrons. The summed E-state index contributed by atoms with van der Waals surface area (Å²) in [6.45, 7) is 0.0559. The Balaban J connectivity index is 2.17. The molecule has 1 aromatic heterocycles. The highest BCUT2D eigenvalue weighted by Crippen LogP contribution is 2.27. The molecule has 19 heavy (non-hydrogen) atoms. The van der Waals surface area contributed by atoms with Crippen LogP contribution in [0.4, 0.5) is 17.5 Å². The van der Waals surface area contributed by atoms with Crippen LogP contribution in [0.1, 0.15) is 19.3 Å². The number of nitrogen functional groups attached to an aromatic ring is 2. The molecule has 2 atom stereocenters. The molecule has 9 nitrogen and oxygen atoms in total. The summed E-state index contributed by atoms with van der Waals surface area (Å²) < 4.78 is 5.65. The van der Waals surface area contributed by atoms with Gasteiger partial charge < -0.3 is 21.3 Å². The molecule has 1 aliphatic rings. The van der Waals surface area contributed by atoms with Gasteiger partial charge in [-0.1, -0.05) is 0 Å². The number of nitrogens with one attached hydrogen (secondary N) is 1. The van der Waals surface area contributed by atoms with Gasteiger partial charge in [-0.05, 0) is 19.3 Å². The number of ether oxygens (including phenoxy) is 1. The Hall–Kier alpha value is -1.84. The van der Waals surface area contributed by atoms with E-state index in [1.165, 1.54) is 5.01 Å². The summed E-state index contributed by atoms with van der Waals surface area (Å²) in [6, 6.07) is 0. The molecule has 1 saturated heterocycles. The first-order valence-electron chi connectivity index (χ1n) is 5.98. The van der Waals surface area contributed by atoms with E-state index in [-0.39, 0.29) is 30.2 Å². The molecule has 2 rings (SSSR count). The number of anilines is 3. The Labute approximate surface area is 109 Å². The number of hydrazine groups is 1. The summed E-state index contributed by atoms with van der Waals surface area (Å²) in [5.74, 6) is 5.93. The lowest BCUT2D eigenvalue weighted by Gasteiger charge is -2.25. The molecule has 0 aliphatic carbocycles. The van der Waals surface area contributed by atoms with Crippen LogP contribution in [0.3, 0.4) is 0 Å². The summed E-state index contributed by atoms with van der Waals surface area (Å²) in [6.07, 6.45) is 1.49. The highest BCUT2D eigenvalue weighted by molar-refractivity contribution is 5.62. The number of rotatable bonds is 4. The first-order chi connectivity index (χ1) is 9.02. The van der Waals surface area contributed by atoms with Crippen molar-refractivity contribution >= 4 is 17.5 Å². The van der Waals surface area contributed by atoms with Crippen LogP contribution >= 0.6 is 0 Å². The van der Waals surface area contributed by atoms with Gasteiger partial charge in [-0.2, -0.15) is 4.98 Å². The van der Waals surface area contributed by atoms with Crippen molar-refractivity contribution in [1.29, 1.82) is 0 Å². The van der Waals surface area contributed by atoms with Crippen LogP contribution in [0.2, 0.25) is 0 Å². The number of hydrogen-bond acceptors (Lipinski definition) is 8. The van der Waals surface area contributed by atoms with Gasteiger partial charge >= 0.3 is 0 Å². The average Bonchev–Trinajstić information content (AvgIpc) is 2.82. The van der Waals surface area contributed by atoms with Gasteiger partial charge in [0.15, 0.2) is 5.82 Å². The summed E-state index contributed by atoms with van der Waals surface area (Å²) in [7, 11) is 0. The van der Waals surface area contributed by atoms with Crippen molar-refractivity contribution < 1.29 is 9.84 Å². The molecule has 0 bridgehead atoms. The minimum atomic E-state index is -0.539. The van der Waals surface area contributed by atoms with E-state index in [0.29, 0.717) is 12.8 Å². The number of hydrogen-bond donors (Lipinski definition) is 5. The minimum Gasteiger partial charge on any atom is -0.396 e. The molecule has 1 aromatic rings. The van der Waals surface area contributed by atoms with E-state index in [2.05, 4.69) is 9.97 Å². The molecule has 0 radical (unpaired) electrons. The minimum absolute atomic E-state index is 0.0541. The van der Waals surface area contributed by atoms with Crippen LogP contribution in [0.25, 0.3) is 0 Å². The number of nitrogens with zero attached hydrogens (tertiary/aromatic N) is 2. The molecule has 8 N–H and O–H groups in total. The van der Waals surface area contributed by atoms with Gasteiger partial charge in [-0.25, -0.2) is 5.84 Å². The zero-order valence-corrected chi connectivity index (χ0v) is 10.4. The molecule has 9 heteroatoms. The second kappa shape index (κ2) is 5.43. The Morgan fingerprint density at radius 2 is 2.21 bits per heavy atom. The van der Waals surface area contributed by atoms with E-state index in [1.807, 2.05) is 0 Å². The fourth-order valence-corrected chi connectivity index (χ4v) is 2.07. The van der Waals surface area contributed by atoms with Gasteiger partial charge in [-0.15, -0.1) is 0 Å². The Morgan fingerprint density at radius 3 is 2.89 bits per heavy atom. The smallest absolute Gasteiger partial charge is 0.277 e. The lowest BCUT2D eigenvalue weighted by atomic mass is 10.2. The molecule has 0 saturated carbocycles. The Bertz CT molecular complexity index is 505. The second-order valence-corrected chi connectivity index (χ2v) is 4.40. The van der Waals surface area contributed by atoms with E-state index in [4.69, 9.17) is 27.2 Å². The number of aromatic nitrogens is 2. The third-order valence-electron chi connectivity index (χ3n) is 3.04. The van der Waals surface area contributed by atoms with Gasteiger partial charge in [0.05, 0.1) is 6.10 Å². The zero-order valence-electron chi connectivity index (χ0n) is 10.4. The van der Waals surface area contributed by atoms with Gasteiger partial charge in [0, 0.05) is 6.61 Å². The van der Waals surface area contributed by atoms with Crippen molar-refractivity contribution in [3.05, 3.63) is 10.4 Å². The molecule has 0 amide bonds. The summed E-state index contributed by atoms with van der Waals surface area (Å²) in [4.78, 5) is 17.7. The van der Waals surface area contributed by atoms with Crippen molar-refractivity contribution in [1.82, 2.24) is 9.97 Å². The van der Waals surface area contributed by atoms with E-state index >= 15 is 0 Å². The van der Waals surface area contributed by atoms with Crippen molar-refractivity contribution in [2.75, 3.05) is 23.1 Å². The van der Waals surface area contributed by atoms with E-state index in [9.17, 15) is 4.79 Å². The summed E-state index contributed by atoms with van der Waals surface area (Å²) in [5.41, 5.74) is 10.5. The molecule has 2 heterocycles. The number of aliphatic hydroxyl groups excluding tert-OH is 1. The van der Waals surface area contributed by atoms with Crippen LogP contribution in [0.15, 0.2) is 4.79 Å². The normalized spacial score (nSPS) is 22.6. The lowest BCUT2D eigenvalue weighted by Crippen LogP contribution is -2.43. The second-order valence-electron chi connectivity index (χ2n) is 4.40. The fraction of sp³-hybridized carbons (Fsp3) is 0.600. The van der Waals surface area contributed by atoms with Crippen LogP contribution in [-0.4, -0.2) is 34.0 Å². The predicted molar refractivity (Wildman–Crippen MR) is 69.9 cm³/mol. The Morgan fingerprint density at radius 1 is 1.47 bits per heavy atom. The monoisotopic (exact) mass is 270 g/mol. The van der Waals surface area contributed by atoms with Gasteiger partial charge in [0.25, 0.3) is 5.56 Å². The molecule has 1 fully saturated rings. The standard InChI is InChI=1S/C10H18N6O3/c11-7-8(14-10(12)15-9(7)18)16(13)6-2-1-5(19-6)3-4-17/h5-6,17H,1-4,11,13H2,(H3,12,14,15,18)/t5-,6+/m0/s1. The maximum atomic E-state index is 11.5. The van der Waals surface area contributed by atoms with Crippen molar-refractivity contribution in [3.63, 3.8) is 0 Å². The number of H-pyrrole nitrogens is 1. The molecular formula is C10H18N6O3. The van der Waals surface area contributed by atoms with E-state index in [1.54, 1.807) is 0 Å². The first-order valence-corrected chi connectivity index (χ1v) is 5.98. The number of nitrogens with two attached hydrogens (primary N) is 3. The predicted octanol–water partition coefficient (Wildman–Crippen LogP) is -1.50. The zero-order chi connectivity index (χ0) is 14.0. The van der Waals surface area contributed by atoms with Gasteiger partial charge in [0.2, 0.25) is 5.95 Å². The van der Waals surface area contributed by atoms with E-state index < -0.39 is 11.8 Å². The maximum absolute atomic E-state index is 11.5. The quantitative estimate of drug-likeness (QED) is 0.327. The average molecular weight is 270 g/mol. The van der Waals surface area contributed by atoms with E-state index in [0.717, 1.165) is 6.42 Å². The molecule has 0 unspecified atom stereocenters. The maximum Gasteiger partial charge on any atom is 0.277 e. The largest absolute Gasteiger partial charge is 0.396 e. The van der Waals surface area contributed by atoms with Gasteiger partial charge in [-0.3, -0.25) is 14.8 Å². The fourth-order valence-electron chi connectivity index (χ4n) is 2.07. The highest BCUT2D eigenvalue weighted by Gasteiger charge is 2.30. The lowest BCUT2D eigenvalue weighted by molar-refractivity contribution is 0.0292. The molecule has 0 spiro atoms. The van der Waals surface area contributed by atoms with Crippen LogP contribution in [0.5, 0.6) is 0 Å². The van der Waals surface area contributed by atoms with Crippen molar-refractivity contribution in [3.8, 4) is 0 Å². The third kappa shape index (κ3) is 2.78. The molecular weight excluding hydrogens is 252 g/mol. The van der Waals surface area contributed by atoms with Crippen LogP contribution < -0.4 is 27.9 Å². The summed E-state index contributed by atoms with van der Waals surface area (Å²) >= 11 is 0. The SMILES string of the molecule is Nc1nc(N(N)[C@H]2CC[C@@H](CCO)O2)c(N)c(=O)[nH]1. The highest BCUT2D eigenvalue weighted by atomic mass is 16.5. The number of aromatic amines is 1. The summed E-state index contributed by atoms with van der Waals surface area (Å²) in [5, 5.41) is 10.1. The van der Waals surface area contributed by atoms with Crippen molar-refractivity contribution in [2.24, 2.45) is 5.84 Å². The number of aliphatic hydroxyl groups is 1. The first kappa shape index (κ1) is 13.6. The topological polar surface area (TPSA) is 157 Å². The van der Waals surface area contributed by atoms with Gasteiger partial charge in [0.1, 0.15) is 11.9 Å². The van der Waals surface area contributed by atoms with Crippen molar-refractivity contribution in [2.45, 2.75) is 31.6 Å². The Kier molecular flexibility index (Phi) is 3.88. The van der Waals surface area contributed by atoms with Crippen LogP contribution in [0, 0.1) is 0 Å². The molecule has 0 aromatic carbocycles. The third-order valence-corrected chi connectivity index (χ3v) is 3.04. The van der Waals surface area contributed by atoms with Crippen LogP contribution in [-0.2, 0) is 4.74 Å². The molecule has 1 aliphatic heterocycles.